The van der Waals surface area contributed by atoms with Gasteiger partial charge in [0.1, 0.15) is 11.9 Å². The maximum Gasteiger partial charge on any atom is 0.252 e. The molecule has 0 radical (unpaired) electrons. The number of para-hydroxylation sites is 1. The number of rotatable bonds is 4. The first-order chi connectivity index (χ1) is 10.6. The van der Waals surface area contributed by atoms with Gasteiger partial charge in [0.25, 0.3) is 5.91 Å². The Kier molecular flexibility index (Phi) is 3.58. The maximum absolute atomic E-state index is 13.5. The van der Waals surface area contributed by atoms with Crippen molar-refractivity contribution in [1.82, 2.24) is 14.8 Å². The van der Waals surface area contributed by atoms with Crippen molar-refractivity contribution in [2.45, 2.75) is 25.8 Å². The molecule has 1 aliphatic rings. The molecule has 2 N–H and O–H groups in total. The Hall–Kier alpha value is -2.77. The highest BCUT2D eigenvalue weighted by atomic mass is 19.1. The summed E-state index contributed by atoms with van der Waals surface area (Å²) in [5.41, 5.74) is 0.0824. The van der Waals surface area contributed by atoms with E-state index in [-0.39, 0.29) is 18.0 Å². The average molecular weight is 303 g/mol. The van der Waals surface area contributed by atoms with Crippen LogP contribution in [0.5, 0.6) is 0 Å². The molecule has 1 aromatic carbocycles. The average Bonchev–Trinajstić information content (AvgIpc) is 3.00. The zero-order valence-corrected chi connectivity index (χ0v) is 11.8. The van der Waals surface area contributed by atoms with Crippen molar-refractivity contribution >= 4 is 23.5 Å². The summed E-state index contributed by atoms with van der Waals surface area (Å²) in [6.45, 7) is 1.90. The van der Waals surface area contributed by atoms with E-state index in [0.29, 0.717) is 18.2 Å². The van der Waals surface area contributed by atoms with Gasteiger partial charge in [-0.3, -0.25) is 14.9 Å². The van der Waals surface area contributed by atoms with Crippen molar-refractivity contribution in [1.29, 1.82) is 0 Å². The molecule has 0 bridgehead atoms. The molecule has 114 valence electrons. The summed E-state index contributed by atoms with van der Waals surface area (Å²) in [6, 6.07) is 5.08. The van der Waals surface area contributed by atoms with Crippen LogP contribution in [-0.2, 0) is 16.0 Å². The lowest BCUT2D eigenvalue weighted by atomic mass is 10.2. The van der Waals surface area contributed by atoms with Crippen LogP contribution in [0.4, 0.5) is 16.0 Å². The van der Waals surface area contributed by atoms with Gasteiger partial charge >= 0.3 is 0 Å². The molecular formula is C14H14FN5O2. The summed E-state index contributed by atoms with van der Waals surface area (Å²) in [5, 5.41) is 9.22. The van der Waals surface area contributed by atoms with E-state index in [1.807, 2.05) is 6.92 Å². The monoisotopic (exact) mass is 303 g/mol. The van der Waals surface area contributed by atoms with Gasteiger partial charge in [-0.05, 0) is 12.1 Å². The normalized spacial score (nSPS) is 16.3. The van der Waals surface area contributed by atoms with Crippen LogP contribution in [0.3, 0.4) is 0 Å². The Bertz CT molecular complexity index is 743. The fourth-order valence-corrected chi connectivity index (χ4v) is 2.24. The van der Waals surface area contributed by atoms with Crippen LogP contribution in [0, 0.1) is 5.82 Å². The highest BCUT2D eigenvalue weighted by molar-refractivity contribution is 6.00. The topological polar surface area (TPSA) is 88.9 Å². The molecule has 0 aliphatic carbocycles. The number of carbonyl (C=O) groups is 2. The Labute approximate surface area is 125 Å². The van der Waals surface area contributed by atoms with Gasteiger partial charge in [-0.15, -0.1) is 0 Å². The van der Waals surface area contributed by atoms with Gasteiger partial charge in [0.05, 0.1) is 12.1 Å². The zero-order chi connectivity index (χ0) is 15.7. The maximum atomic E-state index is 13.5. The first-order valence-corrected chi connectivity index (χ1v) is 6.89. The molecule has 7 nitrogen and oxygen atoms in total. The molecule has 22 heavy (non-hydrogen) atoms. The van der Waals surface area contributed by atoms with E-state index in [1.54, 1.807) is 6.07 Å². The standard InChI is InChI=1S/C14H14FN5O2/c1-2-11-17-14-18-13(22)10(20(14)19-11)7-12(21)16-9-6-4-3-5-8(9)15/h3-6,10H,2,7H2,1H3,(H,16,21)(H,17,18,19,22)/t10-/m0/s1. The molecule has 1 aliphatic heterocycles. The van der Waals surface area contributed by atoms with Gasteiger partial charge in [0, 0.05) is 6.42 Å². The quantitative estimate of drug-likeness (QED) is 0.896. The van der Waals surface area contributed by atoms with Gasteiger partial charge in [0.2, 0.25) is 11.9 Å². The summed E-state index contributed by atoms with van der Waals surface area (Å²) < 4.78 is 14.9. The van der Waals surface area contributed by atoms with Crippen LogP contribution < -0.4 is 10.6 Å². The molecule has 0 saturated carbocycles. The lowest BCUT2D eigenvalue weighted by molar-refractivity contribution is -0.123. The lowest BCUT2D eigenvalue weighted by Gasteiger charge is -2.10. The van der Waals surface area contributed by atoms with Crippen LogP contribution >= 0.6 is 0 Å². The van der Waals surface area contributed by atoms with E-state index in [4.69, 9.17) is 0 Å². The lowest BCUT2D eigenvalue weighted by Crippen LogP contribution is -2.24. The van der Waals surface area contributed by atoms with Gasteiger partial charge < -0.3 is 5.32 Å². The number of anilines is 2. The Morgan fingerprint density at radius 1 is 1.45 bits per heavy atom. The number of aromatic nitrogens is 3. The van der Waals surface area contributed by atoms with Crippen LogP contribution in [0.15, 0.2) is 24.3 Å². The summed E-state index contributed by atoms with van der Waals surface area (Å²) in [5.74, 6) is -0.408. The highest BCUT2D eigenvalue weighted by Crippen LogP contribution is 2.25. The zero-order valence-electron chi connectivity index (χ0n) is 11.8. The number of nitrogens with one attached hydrogen (secondary N) is 2. The highest BCUT2D eigenvalue weighted by Gasteiger charge is 2.34. The number of benzene rings is 1. The molecule has 2 heterocycles. The van der Waals surface area contributed by atoms with Gasteiger partial charge in [0.15, 0.2) is 5.82 Å². The molecule has 0 unspecified atom stereocenters. The minimum Gasteiger partial charge on any atom is -0.324 e. The molecule has 8 heteroatoms. The van der Waals surface area contributed by atoms with Crippen molar-refractivity contribution in [2.24, 2.45) is 0 Å². The molecule has 1 aromatic heterocycles. The molecule has 1 atom stereocenters. The predicted molar refractivity (Wildman–Crippen MR) is 76.7 cm³/mol. The number of carbonyl (C=O) groups excluding carboxylic acids is 2. The van der Waals surface area contributed by atoms with Crippen LogP contribution in [0.2, 0.25) is 0 Å². The van der Waals surface area contributed by atoms with E-state index in [2.05, 4.69) is 20.7 Å². The van der Waals surface area contributed by atoms with Gasteiger partial charge in [-0.1, -0.05) is 19.1 Å². The van der Waals surface area contributed by atoms with E-state index in [0.717, 1.165) is 0 Å². The second-order valence-electron chi connectivity index (χ2n) is 4.89. The number of nitrogens with zero attached hydrogens (tertiary/aromatic N) is 3. The van der Waals surface area contributed by atoms with E-state index in [1.165, 1.54) is 22.9 Å². The van der Waals surface area contributed by atoms with E-state index in [9.17, 15) is 14.0 Å². The van der Waals surface area contributed by atoms with Crippen molar-refractivity contribution < 1.29 is 14.0 Å². The van der Waals surface area contributed by atoms with Crippen molar-refractivity contribution in [3.05, 3.63) is 35.9 Å². The third-order valence-electron chi connectivity index (χ3n) is 3.35. The summed E-state index contributed by atoms with van der Waals surface area (Å²) in [6.07, 6.45) is 0.490. The number of aryl methyl sites for hydroxylation is 1. The fraction of sp³-hybridized carbons (Fsp3) is 0.286. The number of hydrogen-bond acceptors (Lipinski definition) is 4. The smallest absolute Gasteiger partial charge is 0.252 e. The molecule has 2 aromatic rings. The van der Waals surface area contributed by atoms with Crippen LogP contribution in [0.25, 0.3) is 0 Å². The number of fused-ring (bicyclic) bond motifs is 1. The van der Waals surface area contributed by atoms with Crippen molar-refractivity contribution in [3.63, 3.8) is 0 Å². The second-order valence-corrected chi connectivity index (χ2v) is 4.89. The molecule has 3 rings (SSSR count). The molecule has 0 fully saturated rings. The largest absolute Gasteiger partial charge is 0.324 e. The van der Waals surface area contributed by atoms with Crippen LogP contribution in [0.1, 0.15) is 25.2 Å². The predicted octanol–water partition coefficient (Wildman–Crippen LogP) is 1.50. The third-order valence-corrected chi connectivity index (χ3v) is 3.35. The Morgan fingerprint density at radius 2 is 2.23 bits per heavy atom. The Balaban J connectivity index is 1.73. The Morgan fingerprint density at radius 3 is 2.95 bits per heavy atom. The molecular weight excluding hydrogens is 289 g/mol. The summed E-state index contributed by atoms with van der Waals surface area (Å²) >= 11 is 0. The van der Waals surface area contributed by atoms with E-state index >= 15 is 0 Å². The first-order valence-electron chi connectivity index (χ1n) is 6.89. The van der Waals surface area contributed by atoms with Crippen LogP contribution in [-0.4, -0.2) is 26.6 Å². The first kappa shape index (κ1) is 14.2. The number of amides is 2. The van der Waals surface area contributed by atoms with Gasteiger partial charge in [-0.2, -0.15) is 10.1 Å². The third kappa shape index (κ3) is 2.54. The van der Waals surface area contributed by atoms with Crippen molar-refractivity contribution in [2.75, 3.05) is 10.6 Å². The van der Waals surface area contributed by atoms with Gasteiger partial charge in [-0.25, -0.2) is 9.07 Å². The SMILES string of the molecule is CCc1nc2n(n1)[C@@H](CC(=O)Nc1ccccc1F)C(=O)N2. The number of hydrogen-bond donors (Lipinski definition) is 2. The molecule has 2 amide bonds. The minimum absolute atomic E-state index is 0.0824. The minimum atomic E-state index is -0.769. The summed E-state index contributed by atoms with van der Waals surface area (Å²) in [4.78, 5) is 28.1. The second kappa shape index (κ2) is 5.55. The van der Waals surface area contributed by atoms with E-state index < -0.39 is 17.8 Å². The molecule has 0 spiro atoms. The van der Waals surface area contributed by atoms with Crippen molar-refractivity contribution in [3.8, 4) is 0 Å². The summed E-state index contributed by atoms with van der Waals surface area (Å²) in [7, 11) is 0. The molecule has 0 saturated heterocycles. The number of halogens is 1. The fourth-order valence-electron chi connectivity index (χ4n) is 2.24.